The van der Waals surface area contributed by atoms with Crippen molar-refractivity contribution in [2.45, 2.75) is 6.42 Å². The summed E-state index contributed by atoms with van der Waals surface area (Å²) in [4.78, 5) is 36.0. The second kappa shape index (κ2) is 7.73. The van der Waals surface area contributed by atoms with Crippen LogP contribution in [0.5, 0.6) is 0 Å². The number of hydrazone groups is 1. The quantitative estimate of drug-likeness (QED) is 0.495. The summed E-state index contributed by atoms with van der Waals surface area (Å²) < 4.78 is 13.0. The number of hydrogen-bond acceptors (Lipinski definition) is 5. The zero-order valence-corrected chi connectivity index (χ0v) is 14.0. The lowest BCUT2D eigenvalue weighted by atomic mass is 10.1. The molecule has 0 aromatic heterocycles. The molecule has 2 aromatic carbocycles. The Labute approximate surface area is 153 Å². The minimum atomic E-state index is -0.593. The van der Waals surface area contributed by atoms with Gasteiger partial charge in [0.05, 0.1) is 17.1 Å². The molecule has 27 heavy (non-hydrogen) atoms. The van der Waals surface area contributed by atoms with E-state index in [1.54, 1.807) is 6.07 Å². The van der Waals surface area contributed by atoms with Gasteiger partial charge >= 0.3 is 0 Å². The van der Waals surface area contributed by atoms with Crippen LogP contribution in [0.1, 0.15) is 12.0 Å². The van der Waals surface area contributed by atoms with Crippen molar-refractivity contribution in [2.24, 2.45) is 11.0 Å². The van der Waals surface area contributed by atoms with Crippen LogP contribution in [-0.2, 0) is 9.59 Å². The number of nitro groups is 1. The summed E-state index contributed by atoms with van der Waals surface area (Å²) in [7, 11) is 0. The summed E-state index contributed by atoms with van der Waals surface area (Å²) in [5, 5.41) is 14.5. The molecular formula is C18H15FN4O4. The lowest BCUT2D eigenvalue weighted by molar-refractivity contribution is -0.384. The number of non-ortho nitro benzene ring substituents is 1. The molecule has 1 fully saturated rings. The SMILES string of the molecule is O=C(N/N=C\c1cccc([N+](=O)[O-])c1)[C@@H]1CC(=O)N(c2ccc(F)cc2)C1. The predicted octanol–water partition coefficient (Wildman–Crippen LogP) is 2.24. The zero-order valence-electron chi connectivity index (χ0n) is 14.0. The van der Waals surface area contributed by atoms with Crippen molar-refractivity contribution in [2.75, 3.05) is 11.4 Å². The number of amides is 2. The number of carbonyl (C=O) groups excluding carboxylic acids is 2. The second-order valence-corrected chi connectivity index (χ2v) is 5.97. The highest BCUT2D eigenvalue weighted by atomic mass is 19.1. The Morgan fingerprint density at radius 1 is 1.30 bits per heavy atom. The van der Waals surface area contributed by atoms with Gasteiger partial charge in [-0.2, -0.15) is 5.10 Å². The van der Waals surface area contributed by atoms with Gasteiger partial charge < -0.3 is 4.90 Å². The number of nitro benzene ring substituents is 1. The monoisotopic (exact) mass is 370 g/mol. The van der Waals surface area contributed by atoms with Crippen LogP contribution in [0.4, 0.5) is 15.8 Å². The number of nitrogens with one attached hydrogen (secondary N) is 1. The van der Waals surface area contributed by atoms with Gasteiger partial charge in [0, 0.05) is 36.3 Å². The Kier molecular flexibility index (Phi) is 5.20. The third-order valence-electron chi connectivity index (χ3n) is 4.10. The largest absolute Gasteiger partial charge is 0.312 e. The molecule has 138 valence electrons. The maximum absolute atomic E-state index is 13.0. The van der Waals surface area contributed by atoms with Gasteiger partial charge in [-0.1, -0.05) is 12.1 Å². The fraction of sp³-hybridized carbons (Fsp3) is 0.167. The third kappa shape index (κ3) is 4.32. The van der Waals surface area contributed by atoms with E-state index in [4.69, 9.17) is 0 Å². The van der Waals surface area contributed by atoms with E-state index in [1.807, 2.05) is 0 Å². The van der Waals surface area contributed by atoms with Crippen LogP contribution in [0.25, 0.3) is 0 Å². The van der Waals surface area contributed by atoms with Gasteiger partial charge in [0.15, 0.2) is 0 Å². The average Bonchev–Trinajstić information content (AvgIpc) is 3.04. The lowest BCUT2D eigenvalue weighted by Crippen LogP contribution is -2.30. The molecule has 1 aliphatic heterocycles. The molecule has 2 amide bonds. The smallest absolute Gasteiger partial charge is 0.270 e. The summed E-state index contributed by atoms with van der Waals surface area (Å²) in [5.74, 6) is -1.67. The molecule has 8 nitrogen and oxygen atoms in total. The van der Waals surface area contributed by atoms with Crippen LogP contribution in [-0.4, -0.2) is 29.5 Å². The number of nitrogens with zero attached hydrogens (tertiary/aromatic N) is 3. The highest BCUT2D eigenvalue weighted by molar-refractivity contribution is 6.00. The molecule has 0 radical (unpaired) electrons. The Bertz CT molecular complexity index is 914. The zero-order chi connectivity index (χ0) is 19.4. The van der Waals surface area contributed by atoms with Gasteiger partial charge in [-0.25, -0.2) is 9.82 Å². The summed E-state index contributed by atoms with van der Waals surface area (Å²) in [6, 6.07) is 11.3. The third-order valence-corrected chi connectivity index (χ3v) is 4.10. The topological polar surface area (TPSA) is 105 Å². The molecule has 0 saturated carbocycles. The number of benzene rings is 2. The molecule has 1 aliphatic rings. The van der Waals surface area contributed by atoms with Crippen molar-refractivity contribution in [3.63, 3.8) is 0 Å². The molecule has 2 aromatic rings. The number of anilines is 1. The Morgan fingerprint density at radius 2 is 2.04 bits per heavy atom. The summed E-state index contributed by atoms with van der Waals surface area (Å²) >= 11 is 0. The van der Waals surface area contributed by atoms with Gasteiger partial charge in [-0.3, -0.25) is 19.7 Å². The van der Waals surface area contributed by atoms with Gasteiger partial charge in [-0.15, -0.1) is 0 Å². The molecule has 9 heteroatoms. The Hall–Kier alpha value is -3.62. The lowest BCUT2D eigenvalue weighted by Gasteiger charge is -2.16. The molecule has 3 rings (SSSR count). The van der Waals surface area contributed by atoms with Crippen LogP contribution in [0.3, 0.4) is 0 Å². The van der Waals surface area contributed by atoms with E-state index in [-0.39, 0.29) is 24.6 Å². The van der Waals surface area contributed by atoms with E-state index in [1.165, 1.54) is 53.6 Å². The fourth-order valence-corrected chi connectivity index (χ4v) is 2.73. The van der Waals surface area contributed by atoms with Crippen LogP contribution in [0.15, 0.2) is 53.6 Å². The minimum absolute atomic E-state index is 0.0234. The van der Waals surface area contributed by atoms with Crippen molar-refractivity contribution in [3.05, 3.63) is 70.0 Å². The molecule has 0 unspecified atom stereocenters. The van der Waals surface area contributed by atoms with E-state index < -0.39 is 22.6 Å². The molecular weight excluding hydrogens is 355 g/mol. The minimum Gasteiger partial charge on any atom is -0.312 e. The highest BCUT2D eigenvalue weighted by Crippen LogP contribution is 2.25. The van der Waals surface area contributed by atoms with E-state index in [0.29, 0.717) is 11.3 Å². The van der Waals surface area contributed by atoms with Gasteiger partial charge in [0.25, 0.3) is 5.69 Å². The van der Waals surface area contributed by atoms with Crippen molar-refractivity contribution < 1.29 is 18.9 Å². The molecule has 0 bridgehead atoms. The number of carbonyl (C=O) groups is 2. The normalized spacial score (nSPS) is 16.7. The Balaban J connectivity index is 1.60. The molecule has 1 saturated heterocycles. The summed E-state index contributed by atoms with van der Waals surface area (Å²) in [6.07, 6.45) is 1.31. The maximum Gasteiger partial charge on any atom is 0.270 e. The van der Waals surface area contributed by atoms with Crippen molar-refractivity contribution >= 4 is 29.4 Å². The molecule has 1 atom stereocenters. The first-order chi connectivity index (χ1) is 12.9. The van der Waals surface area contributed by atoms with E-state index in [9.17, 15) is 24.1 Å². The number of rotatable bonds is 5. The second-order valence-electron chi connectivity index (χ2n) is 5.97. The van der Waals surface area contributed by atoms with E-state index in [0.717, 1.165) is 0 Å². The van der Waals surface area contributed by atoms with Crippen molar-refractivity contribution in [1.82, 2.24) is 5.43 Å². The van der Waals surface area contributed by atoms with E-state index in [2.05, 4.69) is 10.5 Å². The van der Waals surface area contributed by atoms with Crippen molar-refractivity contribution in [1.29, 1.82) is 0 Å². The molecule has 0 spiro atoms. The first-order valence-electron chi connectivity index (χ1n) is 8.07. The van der Waals surface area contributed by atoms with Crippen LogP contribution >= 0.6 is 0 Å². The maximum atomic E-state index is 13.0. The standard InChI is InChI=1S/C18H15FN4O4/c19-14-4-6-15(7-5-14)22-11-13(9-17(22)24)18(25)21-20-10-12-2-1-3-16(8-12)23(26)27/h1-8,10,13H,9,11H2,(H,21,25)/b20-10-/t13-/m1/s1. The van der Waals surface area contributed by atoms with Gasteiger partial charge in [0.1, 0.15) is 5.82 Å². The summed E-state index contributed by atoms with van der Waals surface area (Å²) in [5.41, 5.74) is 3.25. The van der Waals surface area contributed by atoms with Crippen LogP contribution in [0, 0.1) is 21.8 Å². The van der Waals surface area contributed by atoms with Crippen LogP contribution < -0.4 is 10.3 Å². The average molecular weight is 370 g/mol. The molecule has 1 heterocycles. The summed E-state index contributed by atoms with van der Waals surface area (Å²) in [6.45, 7) is 0.169. The van der Waals surface area contributed by atoms with E-state index >= 15 is 0 Å². The molecule has 0 aliphatic carbocycles. The number of hydrogen-bond donors (Lipinski definition) is 1. The number of halogens is 1. The molecule has 1 N–H and O–H groups in total. The van der Waals surface area contributed by atoms with Gasteiger partial charge in [0.2, 0.25) is 11.8 Å². The fourth-order valence-electron chi connectivity index (χ4n) is 2.73. The highest BCUT2D eigenvalue weighted by Gasteiger charge is 2.35. The first-order valence-corrected chi connectivity index (χ1v) is 8.07. The van der Waals surface area contributed by atoms with Gasteiger partial charge in [-0.05, 0) is 24.3 Å². The first kappa shape index (κ1) is 18.2. The van der Waals surface area contributed by atoms with Crippen LogP contribution in [0.2, 0.25) is 0 Å². The predicted molar refractivity (Wildman–Crippen MR) is 95.7 cm³/mol. The Morgan fingerprint density at radius 3 is 2.74 bits per heavy atom. The van der Waals surface area contributed by atoms with Crippen molar-refractivity contribution in [3.8, 4) is 0 Å².